The second-order valence-corrected chi connectivity index (χ2v) is 7.35. The van der Waals surface area contributed by atoms with E-state index in [4.69, 9.17) is 0 Å². The van der Waals surface area contributed by atoms with E-state index >= 15 is 0 Å². The number of hydrogen-bond acceptors (Lipinski definition) is 3. The molecule has 1 aromatic carbocycles. The zero-order chi connectivity index (χ0) is 13.3. The lowest BCUT2D eigenvalue weighted by Crippen LogP contribution is -2.41. The van der Waals surface area contributed by atoms with E-state index in [-0.39, 0.29) is 17.2 Å². The SMILES string of the molecule is CCCNC1c2ccccc2S(=O)(=O)C(C)C1C. The second-order valence-electron chi connectivity index (χ2n) is 5.08. The minimum Gasteiger partial charge on any atom is -0.310 e. The van der Waals surface area contributed by atoms with E-state index in [1.54, 1.807) is 12.1 Å². The largest absolute Gasteiger partial charge is 0.310 e. The van der Waals surface area contributed by atoms with Gasteiger partial charge in [-0.1, -0.05) is 32.0 Å². The van der Waals surface area contributed by atoms with Crippen molar-refractivity contribution in [1.82, 2.24) is 5.32 Å². The lowest BCUT2D eigenvalue weighted by atomic mass is 9.91. The van der Waals surface area contributed by atoms with Gasteiger partial charge in [0, 0.05) is 6.04 Å². The standard InChI is InChI=1S/C14H21NO2S/c1-4-9-15-14-10(2)11(3)18(16,17)13-8-6-5-7-12(13)14/h5-8,10-11,14-15H,4,9H2,1-3H3. The van der Waals surface area contributed by atoms with Crippen molar-refractivity contribution >= 4 is 9.84 Å². The molecule has 0 amide bonds. The Morgan fingerprint density at radius 1 is 1.22 bits per heavy atom. The van der Waals surface area contributed by atoms with Gasteiger partial charge in [0.1, 0.15) is 0 Å². The zero-order valence-electron chi connectivity index (χ0n) is 11.2. The summed E-state index contributed by atoms with van der Waals surface area (Å²) in [7, 11) is -3.17. The van der Waals surface area contributed by atoms with Crippen molar-refractivity contribution in [3.05, 3.63) is 29.8 Å². The molecule has 1 aliphatic heterocycles. The normalized spacial score (nSPS) is 29.8. The lowest BCUT2D eigenvalue weighted by Gasteiger charge is -2.36. The van der Waals surface area contributed by atoms with Gasteiger partial charge in [-0.25, -0.2) is 8.42 Å². The minimum absolute atomic E-state index is 0.0939. The zero-order valence-corrected chi connectivity index (χ0v) is 12.0. The summed E-state index contributed by atoms with van der Waals surface area (Å²) in [5.41, 5.74) is 0.927. The van der Waals surface area contributed by atoms with E-state index in [9.17, 15) is 8.42 Å². The Bertz CT molecular complexity index is 524. The van der Waals surface area contributed by atoms with E-state index in [1.807, 2.05) is 26.0 Å². The van der Waals surface area contributed by atoms with Crippen molar-refractivity contribution in [1.29, 1.82) is 0 Å². The molecule has 0 radical (unpaired) electrons. The first-order chi connectivity index (χ1) is 8.50. The highest BCUT2D eigenvalue weighted by molar-refractivity contribution is 7.92. The van der Waals surface area contributed by atoms with Crippen LogP contribution < -0.4 is 5.32 Å². The molecule has 1 aromatic rings. The predicted octanol–water partition coefficient (Wildman–Crippen LogP) is 2.54. The molecule has 2 rings (SSSR count). The Hall–Kier alpha value is -0.870. The Labute approximate surface area is 110 Å². The summed E-state index contributed by atoms with van der Waals surface area (Å²) in [4.78, 5) is 0.504. The van der Waals surface area contributed by atoms with Crippen molar-refractivity contribution in [3.8, 4) is 0 Å². The quantitative estimate of drug-likeness (QED) is 0.915. The van der Waals surface area contributed by atoms with E-state index < -0.39 is 9.84 Å². The molecule has 0 fully saturated rings. The van der Waals surface area contributed by atoms with Gasteiger partial charge in [0.15, 0.2) is 9.84 Å². The molecule has 4 heteroatoms. The molecule has 1 N–H and O–H groups in total. The van der Waals surface area contributed by atoms with E-state index in [2.05, 4.69) is 12.2 Å². The van der Waals surface area contributed by atoms with Crippen molar-refractivity contribution in [2.45, 2.75) is 43.4 Å². The highest BCUT2D eigenvalue weighted by Crippen LogP contribution is 2.39. The van der Waals surface area contributed by atoms with Crippen LogP contribution in [0.25, 0.3) is 0 Å². The third-order valence-electron chi connectivity index (χ3n) is 3.93. The summed E-state index contributed by atoms with van der Waals surface area (Å²) in [5, 5.41) is 3.15. The molecule has 3 nitrogen and oxygen atoms in total. The maximum atomic E-state index is 12.4. The first kappa shape index (κ1) is 13.6. The Morgan fingerprint density at radius 3 is 2.56 bits per heavy atom. The van der Waals surface area contributed by atoms with Crippen molar-refractivity contribution in [2.24, 2.45) is 5.92 Å². The fourth-order valence-corrected chi connectivity index (χ4v) is 4.54. The fourth-order valence-electron chi connectivity index (χ4n) is 2.63. The summed E-state index contributed by atoms with van der Waals surface area (Å²) in [6, 6.07) is 7.52. The third-order valence-corrected chi connectivity index (χ3v) is 6.32. The van der Waals surface area contributed by atoms with Gasteiger partial charge in [0.2, 0.25) is 0 Å². The second kappa shape index (κ2) is 5.02. The molecule has 1 heterocycles. The number of fused-ring (bicyclic) bond motifs is 1. The molecule has 3 atom stereocenters. The molecule has 0 saturated heterocycles. The number of rotatable bonds is 3. The van der Waals surface area contributed by atoms with Crippen molar-refractivity contribution in [3.63, 3.8) is 0 Å². The molecule has 1 aliphatic rings. The first-order valence-corrected chi connectivity index (χ1v) is 8.11. The van der Waals surface area contributed by atoms with E-state index in [0.29, 0.717) is 4.90 Å². The number of benzene rings is 1. The fraction of sp³-hybridized carbons (Fsp3) is 0.571. The minimum atomic E-state index is -3.17. The van der Waals surface area contributed by atoms with Gasteiger partial charge in [-0.2, -0.15) is 0 Å². The van der Waals surface area contributed by atoms with Crippen LogP contribution in [0.2, 0.25) is 0 Å². The van der Waals surface area contributed by atoms with Crippen LogP contribution >= 0.6 is 0 Å². The van der Waals surface area contributed by atoms with Crippen molar-refractivity contribution < 1.29 is 8.42 Å². The molecule has 3 unspecified atom stereocenters. The summed E-state index contributed by atoms with van der Waals surface area (Å²) in [6.45, 7) is 6.87. The summed E-state index contributed by atoms with van der Waals surface area (Å²) in [5.74, 6) is 0.0939. The molecule has 100 valence electrons. The average molecular weight is 267 g/mol. The van der Waals surface area contributed by atoms with Crippen LogP contribution in [-0.2, 0) is 9.84 Å². The topological polar surface area (TPSA) is 46.2 Å². The van der Waals surface area contributed by atoms with E-state index in [1.165, 1.54) is 0 Å². The van der Waals surface area contributed by atoms with Crippen LogP contribution in [-0.4, -0.2) is 20.2 Å². The molecular weight excluding hydrogens is 246 g/mol. The highest BCUT2D eigenvalue weighted by atomic mass is 32.2. The van der Waals surface area contributed by atoms with Gasteiger partial charge >= 0.3 is 0 Å². The van der Waals surface area contributed by atoms with Crippen LogP contribution in [0.15, 0.2) is 29.2 Å². The maximum Gasteiger partial charge on any atom is 0.181 e. The van der Waals surface area contributed by atoms with Crippen LogP contribution in [0.5, 0.6) is 0 Å². The van der Waals surface area contributed by atoms with Gasteiger partial charge < -0.3 is 5.32 Å². The molecule has 0 saturated carbocycles. The van der Waals surface area contributed by atoms with Gasteiger partial charge in [0.25, 0.3) is 0 Å². The molecular formula is C14H21NO2S. The van der Waals surface area contributed by atoms with Crippen molar-refractivity contribution in [2.75, 3.05) is 6.54 Å². The number of nitrogens with one attached hydrogen (secondary N) is 1. The number of hydrogen-bond donors (Lipinski definition) is 1. The van der Waals surface area contributed by atoms with Crippen LogP contribution in [0, 0.1) is 5.92 Å². The maximum absolute atomic E-state index is 12.4. The van der Waals surface area contributed by atoms with E-state index in [0.717, 1.165) is 18.5 Å². The van der Waals surface area contributed by atoms with Crippen LogP contribution in [0.1, 0.15) is 38.8 Å². The molecule has 18 heavy (non-hydrogen) atoms. The molecule has 0 aliphatic carbocycles. The molecule has 0 bridgehead atoms. The smallest absolute Gasteiger partial charge is 0.181 e. The Kier molecular flexibility index (Phi) is 3.78. The van der Waals surface area contributed by atoms with Gasteiger partial charge in [-0.05, 0) is 37.4 Å². The summed E-state index contributed by atoms with van der Waals surface area (Å²) < 4.78 is 24.8. The van der Waals surface area contributed by atoms with Gasteiger partial charge in [-0.15, -0.1) is 0 Å². The monoisotopic (exact) mass is 267 g/mol. The first-order valence-electron chi connectivity index (χ1n) is 6.56. The summed E-state index contributed by atoms with van der Waals surface area (Å²) >= 11 is 0. The molecule has 0 aromatic heterocycles. The summed E-state index contributed by atoms with van der Waals surface area (Å²) in [6.07, 6.45) is 1.05. The third kappa shape index (κ3) is 2.08. The van der Waals surface area contributed by atoms with Gasteiger partial charge in [0.05, 0.1) is 10.1 Å². The van der Waals surface area contributed by atoms with Crippen LogP contribution in [0.3, 0.4) is 0 Å². The average Bonchev–Trinajstić information content (AvgIpc) is 2.37. The van der Waals surface area contributed by atoms with Gasteiger partial charge in [-0.3, -0.25) is 0 Å². The number of sulfone groups is 1. The lowest BCUT2D eigenvalue weighted by molar-refractivity contribution is 0.359. The highest BCUT2D eigenvalue weighted by Gasteiger charge is 2.40. The Balaban J connectivity index is 2.51. The molecule has 0 spiro atoms. The van der Waals surface area contributed by atoms with Crippen LogP contribution in [0.4, 0.5) is 0 Å². The Morgan fingerprint density at radius 2 is 1.89 bits per heavy atom. The predicted molar refractivity (Wildman–Crippen MR) is 73.3 cm³/mol.